The van der Waals surface area contributed by atoms with E-state index < -0.39 is 0 Å². The maximum absolute atomic E-state index is 6.22. The van der Waals surface area contributed by atoms with Gasteiger partial charge < -0.3 is 10.5 Å². The SMILES string of the molecule is CC(C)(C)C(N)CCc1ccc(OCc2ccccc2)cc1. The summed E-state index contributed by atoms with van der Waals surface area (Å²) in [6, 6.07) is 18.8. The minimum absolute atomic E-state index is 0.165. The molecule has 0 aliphatic rings. The van der Waals surface area contributed by atoms with Gasteiger partial charge in [0.15, 0.2) is 0 Å². The summed E-state index contributed by atoms with van der Waals surface area (Å²) in [6.45, 7) is 7.18. The van der Waals surface area contributed by atoms with Crippen molar-refractivity contribution in [3.05, 3.63) is 65.7 Å². The molecule has 0 aliphatic carbocycles. The van der Waals surface area contributed by atoms with Crippen LogP contribution < -0.4 is 10.5 Å². The third-order valence-electron chi connectivity index (χ3n) is 4.03. The highest BCUT2D eigenvalue weighted by atomic mass is 16.5. The van der Waals surface area contributed by atoms with Crippen molar-refractivity contribution in [2.75, 3.05) is 0 Å². The van der Waals surface area contributed by atoms with Gasteiger partial charge in [0, 0.05) is 6.04 Å². The number of rotatable bonds is 6. The first-order valence-electron chi connectivity index (χ1n) is 7.96. The Morgan fingerprint density at radius 3 is 2.14 bits per heavy atom. The molecule has 0 aliphatic heterocycles. The van der Waals surface area contributed by atoms with E-state index in [9.17, 15) is 0 Å². The molecule has 0 radical (unpaired) electrons. The predicted molar refractivity (Wildman–Crippen MR) is 93.0 cm³/mol. The van der Waals surface area contributed by atoms with Crippen LogP contribution in [0.15, 0.2) is 54.6 Å². The molecule has 2 nitrogen and oxygen atoms in total. The fourth-order valence-electron chi connectivity index (χ4n) is 2.25. The van der Waals surface area contributed by atoms with Gasteiger partial charge in [-0.1, -0.05) is 63.2 Å². The molecule has 0 bridgehead atoms. The summed E-state index contributed by atoms with van der Waals surface area (Å²) < 4.78 is 5.80. The van der Waals surface area contributed by atoms with E-state index in [4.69, 9.17) is 10.5 Å². The molecule has 0 saturated carbocycles. The lowest BCUT2D eigenvalue weighted by Crippen LogP contribution is -2.35. The first kappa shape index (κ1) is 16.6. The number of nitrogens with two attached hydrogens (primary N) is 1. The van der Waals surface area contributed by atoms with Gasteiger partial charge in [-0.2, -0.15) is 0 Å². The molecule has 0 saturated heterocycles. The molecule has 2 heteroatoms. The second kappa shape index (κ2) is 7.46. The highest BCUT2D eigenvalue weighted by Gasteiger charge is 2.19. The summed E-state index contributed by atoms with van der Waals surface area (Å²) in [5, 5.41) is 0. The molecule has 1 atom stereocenters. The van der Waals surface area contributed by atoms with Gasteiger partial charge in [-0.15, -0.1) is 0 Å². The maximum Gasteiger partial charge on any atom is 0.119 e. The number of benzene rings is 2. The van der Waals surface area contributed by atoms with Gasteiger partial charge in [0.25, 0.3) is 0 Å². The average molecular weight is 297 g/mol. The zero-order valence-electron chi connectivity index (χ0n) is 13.9. The van der Waals surface area contributed by atoms with Crippen molar-refractivity contribution in [1.82, 2.24) is 0 Å². The van der Waals surface area contributed by atoms with E-state index in [1.54, 1.807) is 0 Å². The quantitative estimate of drug-likeness (QED) is 0.847. The summed E-state index contributed by atoms with van der Waals surface area (Å²) in [4.78, 5) is 0. The van der Waals surface area contributed by atoms with E-state index in [0.29, 0.717) is 6.61 Å². The normalized spacial score (nSPS) is 12.9. The molecule has 2 aromatic rings. The number of hydrogen-bond acceptors (Lipinski definition) is 2. The standard InChI is InChI=1S/C20H27NO/c1-20(2,3)19(21)14-11-16-9-12-18(13-10-16)22-15-17-7-5-4-6-8-17/h4-10,12-13,19H,11,14-15,21H2,1-3H3. The lowest BCUT2D eigenvalue weighted by molar-refractivity contribution is 0.304. The van der Waals surface area contributed by atoms with E-state index >= 15 is 0 Å². The third kappa shape index (κ3) is 5.19. The molecule has 1 unspecified atom stereocenters. The molecular weight excluding hydrogens is 270 g/mol. The summed E-state index contributed by atoms with van der Waals surface area (Å²) in [5.41, 5.74) is 8.88. The van der Waals surface area contributed by atoms with E-state index in [2.05, 4.69) is 45.0 Å². The summed E-state index contributed by atoms with van der Waals surface area (Å²) in [6.07, 6.45) is 2.02. The number of hydrogen-bond donors (Lipinski definition) is 1. The predicted octanol–water partition coefficient (Wildman–Crippen LogP) is 4.57. The molecule has 0 heterocycles. The fourth-order valence-corrected chi connectivity index (χ4v) is 2.25. The molecule has 2 rings (SSSR count). The Morgan fingerprint density at radius 1 is 0.909 bits per heavy atom. The van der Waals surface area contributed by atoms with Gasteiger partial charge in [0.1, 0.15) is 12.4 Å². The van der Waals surface area contributed by atoms with Gasteiger partial charge in [0.05, 0.1) is 0 Å². The van der Waals surface area contributed by atoms with E-state index in [0.717, 1.165) is 18.6 Å². The number of aryl methyl sites for hydroxylation is 1. The molecule has 118 valence electrons. The molecule has 22 heavy (non-hydrogen) atoms. The first-order chi connectivity index (χ1) is 10.4. The summed E-state index contributed by atoms with van der Waals surface area (Å²) in [5.74, 6) is 0.910. The van der Waals surface area contributed by atoms with Crippen LogP contribution in [0.5, 0.6) is 5.75 Å². The van der Waals surface area contributed by atoms with Crippen LogP contribution in [0.4, 0.5) is 0 Å². The van der Waals surface area contributed by atoms with Gasteiger partial charge >= 0.3 is 0 Å². The molecule has 2 N–H and O–H groups in total. The Balaban J connectivity index is 1.83. The Morgan fingerprint density at radius 2 is 1.55 bits per heavy atom. The van der Waals surface area contributed by atoms with Crippen molar-refractivity contribution >= 4 is 0 Å². The van der Waals surface area contributed by atoms with Gasteiger partial charge in [-0.3, -0.25) is 0 Å². The van der Waals surface area contributed by atoms with Gasteiger partial charge in [-0.05, 0) is 41.5 Å². The smallest absolute Gasteiger partial charge is 0.119 e. The lowest BCUT2D eigenvalue weighted by atomic mass is 9.84. The third-order valence-corrected chi connectivity index (χ3v) is 4.03. The Labute approximate surface area is 134 Å². The zero-order chi connectivity index (χ0) is 16.0. The van der Waals surface area contributed by atoms with E-state index in [-0.39, 0.29) is 11.5 Å². The largest absolute Gasteiger partial charge is 0.489 e. The van der Waals surface area contributed by atoms with Crippen LogP contribution in [0.1, 0.15) is 38.3 Å². The maximum atomic E-state index is 6.22. The minimum atomic E-state index is 0.165. The van der Waals surface area contributed by atoms with Gasteiger partial charge in [-0.25, -0.2) is 0 Å². The average Bonchev–Trinajstić information content (AvgIpc) is 2.51. The van der Waals surface area contributed by atoms with Crippen LogP contribution in [-0.4, -0.2) is 6.04 Å². The Kier molecular flexibility index (Phi) is 5.62. The van der Waals surface area contributed by atoms with Crippen molar-refractivity contribution in [3.8, 4) is 5.75 Å². The summed E-state index contributed by atoms with van der Waals surface area (Å²) in [7, 11) is 0. The Hall–Kier alpha value is -1.80. The molecule has 0 spiro atoms. The van der Waals surface area contributed by atoms with Crippen LogP contribution in [0, 0.1) is 5.41 Å². The molecule has 2 aromatic carbocycles. The molecule has 0 fully saturated rings. The monoisotopic (exact) mass is 297 g/mol. The highest BCUT2D eigenvalue weighted by Crippen LogP contribution is 2.22. The van der Waals surface area contributed by atoms with E-state index in [1.807, 2.05) is 30.3 Å². The fraction of sp³-hybridized carbons (Fsp3) is 0.400. The lowest BCUT2D eigenvalue weighted by Gasteiger charge is -2.27. The van der Waals surface area contributed by atoms with Crippen molar-refractivity contribution in [2.24, 2.45) is 11.1 Å². The van der Waals surface area contributed by atoms with Crippen LogP contribution >= 0.6 is 0 Å². The minimum Gasteiger partial charge on any atom is -0.489 e. The van der Waals surface area contributed by atoms with E-state index in [1.165, 1.54) is 11.1 Å². The van der Waals surface area contributed by atoms with Crippen LogP contribution in [-0.2, 0) is 13.0 Å². The second-order valence-corrected chi connectivity index (χ2v) is 6.93. The topological polar surface area (TPSA) is 35.2 Å². The highest BCUT2D eigenvalue weighted by molar-refractivity contribution is 5.28. The second-order valence-electron chi connectivity index (χ2n) is 6.93. The molecule has 0 aromatic heterocycles. The van der Waals surface area contributed by atoms with Crippen molar-refractivity contribution in [2.45, 2.75) is 46.3 Å². The van der Waals surface area contributed by atoms with Crippen molar-refractivity contribution in [3.63, 3.8) is 0 Å². The zero-order valence-corrected chi connectivity index (χ0v) is 13.9. The molecule has 0 amide bonds. The molecular formula is C20H27NO. The van der Waals surface area contributed by atoms with Crippen LogP contribution in [0.3, 0.4) is 0 Å². The van der Waals surface area contributed by atoms with Crippen LogP contribution in [0.2, 0.25) is 0 Å². The van der Waals surface area contributed by atoms with Crippen molar-refractivity contribution < 1.29 is 4.74 Å². The van der Waals surface area contributed by atoms with Gasteiger partial charge in [0.2, 0.25) is 0 Å². The number of ether oxygens (including phenoxy) is 1. The first-order valence-corrected chi connectivity index (χ1v) is 7.96. The van der Waals surface area contributed by atoms with Crippen molar-refractivity contribution in [1.29, 1.82) is 0 Å². The van der Waals surface area contributed by atoms with Crippen LogP contribution in [0.25, 0.3) is 0 Å². The Bertz CT molecular complexity index is 555. The summed E-state index contributed by atoms with van der Waals surface area (Å²) >= 11 is 0.